The summed E-state index contributed by atoms with van der Waals surface area (Å²) in [6, 6.07) is 5.29. The summed E-state index contributed by atoms with van der Waals surface area (Å²) in [5, 5.41) is 0. The van der Waals surface area contributed by atoms with E-state index in [0.717, 1.165) is 9.80 Å². The predicted octanol–water partition coefficient (Wildman–Crippen LogP) is 0.508. The molecule has 0 spiro atoms. The molecule has 70 heavy (non-hydrogen) atoms. The average molecular weight is 997 g/mol. The maximum Gasteiger partial charge on any atom is 0.253 e. The molecule has 2 aliphatic heterocycles. The fraction of sp³-hybridized carbons (Fsp3) is 0.667. The van der Waals surface area contributed by atoms with Crippen LogP contribution in [0.25, 0.3) is 0 Å². The third-order valence-electron chi connectivity index (χ3n) is 9.22. The first-order valence-electron chi connectivity index (χ1n) is 23.5. The summed E-state index contributed by atoms with van der Waals surface area (Å²) in [6.07, 6.45) is 10.6. The van der Waals surface area contributed by atoms with Gasteiger partial charge in [0.15, 0.2) is 0 Å². The van der Waals surface area contributed by atoms with E-state index in [0.29, 0.717) is 202 Å². The molecule has 394 valence electrons. The molecule has 0 fully saturated rings. The zero-order valence-electron chi connectivity index (χ0n) is 40.3. The first-order chi connectivity index (χ1) is 34.5. The highest BCUT2D eigenvalue weighted by atomic mass is 16.6. The Bertz CT molecular complexity index is 1510. The van der Waals surface area contributed by atoms with Gasteiger partial charge in [0.1, 0.15) is 24.7 Å². The number of terminal acetylenes is 1. The molecule has 22 heteroatoms. The van der Waals surface area contributed by atoms with Gasteiger partial charge in [0.2, 0.25) is 0 Å². The lowest BCUT2D eigenvalue weighted by molar-refractivity contribution is -0.139. The van der Waals surface area contributed by atoms with Gasteiger partial charge in [-0.25, -0.2) is 0 Å². The van der Waals surface area contributed by atoms with Crippen LogP contribution in [0.2, 0.25) is 0 Å². The van der Waals surface area contributed by atoms with Crippen LogP contribution in [0.4, 0.5) is 0 Å². The minimum absolute atomic E-state index is 0.225. The van der Waals surface area contributed by atoms with Gasteiger partial charge in [-0.3, -0.25) is 29.0 Å². The van der Waals surface area contributed by atoms with Crippen molar-refractivity contribution in [2.24, 2.45) is 0 Å². The van der Waals surface area contributed by atoms with Crippen LogP contribution in [0.15, 0.2) is 42.5 Å². The van der Waals surface area contributed by atoms with Gasteiger partial charge in [-0.2, -0.15) is 0 Å². The van der Waals surface area contributed by atoms with Gasteiger partial charge >= 0.3 is 0 Å². The normalized spacial score (nSPS) is 13.4. The molecule has 0 saturated heterocycles. The van der Waals surface area contributed by atoms with E-state index in [-0.39, 0.29) is 49.9 Å². The lowest BCUT2D eigenvalue weighted by Gasteiger charge is -2.13. The summed E-state index contributed by atoms with van der Waals surface area (Å²) >= 11 is 0. The molecule has 0 N–H and O–H groups in total. The lowest BCUT2D eigenvalue weighted by atomic mass is 10.2. The van der Waals surface area contributed by atoms with Crippen LogP contribution in [0.5, 0.6) is 11.5 Å². The summed E-state index contributed by atoms with van der Waals surface area (Å²) in [5.74, 6) is 2.50. The number of carbonyl (C=O) groups excluding carboxylic acids is 4. The van der Waals surface area contributed by atoms with E-state index in [4.69, 9.17) is 82.2 Å². The highest BCUT2D eigenvalue weighted by Gasteiger charge is 2.23. The molecule has 1 aromatic carbocycles. The molecular weight excluding hydrogens is 925 g/mol. The topological polar surface area (TPSA) is 222 Å². The predicted molar refractivity (Wildman–Crippen MR) is 249 cm³/mol. The number of hydrogen-bond acceptors (Lipinski definition) is 20. The first-order valence-corrected chi connectivity index (χ1v) is 23.5. The molecule has 0 radical (unpaired) electrons. The Morgan fingerprint density at radius 3 is 0.714 bits per heavy atom. The molecule has 0 bridgehead atoms. The van der Waals surface area contributed by atoms with Gasteiger partial charge in [-0.15, -0.1) is 6.42 Å². The van der Waals surface area contributed by atoms with Gasteiger partial charge in [-0.1, -0.05) is 5.92 Å². The largest absolute Gasteiger partial charge is 0.491 e. The van der Waals surface area contributed by atoms with Crippen molar-refractivity contribution in [3.05, 3.63) is 48.1 Å². The van der Waals surface area contributed by atoms with Gasteiger partial charge < -0.3 is 75.8 Å². The fourth-order valence-electron chi connectivity index (χ4n) is 5.72. The van der Waals surface area contributed by atoms with Gasteiger partial charge in [-0.05, 0) is 12.1 Å². The van der Waals surface area contributed by atoms with Crippen LogP contribution >= 0.6 is 0 Å². The Morgan fingerprint density at radius 2 is 0.500 bits per heavy atom. The van der Waals surface area contributed by atoms with E-state index in [1.54, 1.807) is 18.2 Å². The van der Waals surface area contributed by atoms with Crippen molar-refractivity contribution in [2.75, 3.05) is 211 Å². The molecule has 0 saturated carbocycles. The van der Waals surface area contributed by atoms with Crippen LogP contribution in [0, 0.1) is 12.3 Å². The van der Waals surface area contributed by atoms with Crippen LogP contribution < -0.4 is 9.47 Å². The van der Waals surface area contributed by atoms with Crippen LogP contribution in [-0.4, -0.2) is 245 Å². The summed E-state index contributed by atoms with van der Waals surface area (Å²) in [5.41, 5.74) is 0.631. The van der Waals surface area contributed by atoms with Crippen molar-refractivity contribution in [3.63, 3.8) is 0 Å². The van der Waals surface area contributed by atoms with Gasteiger partial charge in [0.25, 0.3) is 23.6 Å². The Labute approximate surface area is 410 Å². The van der Waals surface area contributed by atoms with Crippen molar-refractivity contribution in [1.82, 2.24) is 9.80 Å². The molecule has 1 aromatic rings. The molecule has 0 aromatic heterocycles. The standard InChI is InChI=1S/C48H72N2O20/c1-2-42-39-43(69-37-35-67-33-31-65-29-27-63-25-23-61-21-19-59-17-15-57-13-11-55-9-7-49-45(51)3-4-46(49)52)41-44(40-42)70-38-36-68-34-32-66-30-28-64-26-24-62-22-20-60-18-16-58-14-12-56-10-8-50-47(53)5-6-48(50)54/h1,3-6,39-41H,7-38H2. The van der Waals surface area contributed by atoms with Crippen molar-refractivity contribution in [1.29, 1.82) is 0 Å². The zero-order valence-corrected chi connectivity index (χ0v) is 40.3. The fourth-order valence-corrected chi connectivity index (χ4v) is 5.72. The molecule has 2 heterocycles. The third kappa shape index (κ3) is 31.0. The third-order valence-corrected chi connectivity index (χ3v) is 9.22. The SMILES string of the molecule is C#Cc1cc(OCCOCCOCCOCCOCCOCCOCCOCCN2C(=O)C=CC2=O)cc(OCCOCCOCCOCCOCCOCCOCCOCCN2C(=O)C=CC2=O)c1. The van der Waals surface area contributed by atoms with Crippen molar-refractivity contribution in [2.45, 2.75) is 0 Å². The maximum atomic E-state index is 11.5. The Hall–Kier alpha value is -4.42. The minimum Gasteiger partial charge on any atom is -0.491 e. The van der Waals surface area contributed by atoms with E-state index in [1.807, 2.05) is 0 Å². The molecule has 0 unspecified atom stereocenters. The molecule has 2 aliphatic rings. The van der Waals surface area contributed by atoms with Crippen LogP contribution in [-0.2, 0) is 85.5 Å². The Kier molecular flexibility index (Phi) is 36.2. The minimum atomic E-state index is -0.317. The molecule has 22 nitrogen and oxygen atoms in total. The monoisotopic (exact) mass is 996 g/mol. The Balaban J connectivity index is 0.974. The molecule has 3 rings (SSSR count). The average Bonchev–Trinajstić information content (AvgIpc) is 3.87. The number of amides is 4. The van der Waals surface area contributed by atoms with E-state index in [2.05, 4.69) is 5.92 Å². The van der Waals surface area contributed by atoms with Crippen LogP contribution in [0.1, 0.15) is 5.56 Å². The second-order valence-corrected chi connectivity index (χ2v) is 14.4. The van der Waals surface area contributed by atoms with Crippen molar-refractivity contribution >= 4 is 23.6 Å². The summed E-state index contributed by atoms with van der Waals surface area (Å²) in [4.78, 5) is 48.1. The maximum absolute atomic E-state index is 11.5. The van der Waals surface area contributed by atoms with E-state index in [9.17, 15) is 19.2 Å². The molecule has 4 amide bonds. The number of nitrogens with zero attached hydrogens (tertiary/aromatic N) is 2. The molecule has 0 aliphatic carbocycles. The van der Waals surface area contributed by atoms with Gasteiger partial charge in [0.05, 0.1) is 198 Å². The number of imide groups is 2. The lowest BCUT2D eigenvalue weighted by Crippen LogP contribution is -2.33. The quantitative estimate of drug-likeness (QED) is 0.0493. The second-order valence-electron chi connectivity index (χ2n) is 14.4. The van der Waals surface area contributed by atoms with E-state index >= 15 is 0 Å². The van der Waals surface area contributed by atoms with E-state index in [1.165, 1.54) is 24.3 Å². The van der Waals surface area contributed by atoms with Crippen molar-refractivity contribution in [3.8, 4) is 23.8 Å². The van der Waals surface area contributed by atoms with E-state index < -0.39 is 0 Å². The first kappa shape index (κ1) is 59.9. The van der Waals surface area contributed by atoms with Crippen molar-refractivity contribution < 1.29 is 95.0 Å². The smallest absolute Gasteiger partial charge is 0.253 e. The second kappa shape index (κ2) is 42.3. The summed E-state index contributed by atoms with van der Waals surface area (Å²) < 4.78 is 88.5. The highest BCUT2D eigenvalue weighted by Crippen LogP contribution is 2.22. The highest BCUT2D eigenvalue weighted by molar-refractivity contribution is 6.13. The number of benzene rings is 1. The summed E-state index contributed by atoms with van der Waals surface area (Å²) in [6.45, 7) is 12.6. The van der Waals surface area contributed by atoms with Crippen LogP contribution in [0.3, 0.4) is 0 Å². The number of rotatable bonds is 50. The zero-order chi connectivity index (χ0) is 49.8. The number of ether oxygens (including phenoxy) is 16. The number of carbonyl (C=O) groups is 4. The Morgan fingerprint density at radius 1 is 0.300 bits per heavy atom. The molecule has 0 atom stereocenters. The van der Waals surface area contributed by atoms with Gasteiger partial charge in [0, 0.05) is 35.9 Å². The molecular formula is C48H72N2O20. The summed E-state index contributed by atoms with van der Waals surface area (Å²) in [7, 11) is 0. The number of hydrogen-bond donors (Lipinski definition) is 0.